The van der Waals surface area contributed by atoms with Crippen molar-refractivity contribution in [3.63, 3.8) is 0 Å². The maximum atomic E-state index is 13.3. The number of benzene rings is 1. The van der Waals surface area contributed by atoms with Crippen molar-refractivity contribution in [3.05, 3.63) is 29.5 Å². The number of β-amino-alcohol motifs (C(OH)–C–C–N with tert-alkyl or cyclic N) is 1. The van der Waals surface area contributed by atoms with Crippen molar-refractivity contribution in [2.45, 2.75) is 90.0 Å². The van der Waals surface area contributed by atoms with Gasteiger partial charge < -0.3 is 39.9 Å². The van der Waals surface area contributed by atoms with E-state index < -0.39 is 11.7 Å². The number of rotatable bonds is 9. The SMILES string of the molecule is CC[C@@H]1C(=O)N(C)c2cnc(Nc3ccc(C(=O)NC[C@@H](O)CN4CCN(C(=O)OC(C)(C)C)CC4)c4c3OCC4)nc2N1C1CCCC1. The summed E-state index contributed by atoms with van der Waals surface area (Å²) >= 11 is 0. The highest BCUT2D eigenvalue weighted by atomic mass is 16.6. The molecule has 1 aromatic heterocycles. The van der Waals surface area contributed by atoms with E-state index in [4.69, 9.17) is 14.5 Å². The molecular formula is C35H50N8O6. The van der Waals surface area contributed by atoms with Crippen LogP contribution in [0.25, 0.3) is 0 Å². The van der Waals surface area contributed by atoms with E-state index in [1.165, 1.54) is 0 Å². The van der Waals surface area contributed by atoms with Gasteiger partial charge in [-0.15, -0.1) is 0 Å². The molecule has 4 heterocycles. The first-order valence-electron chi connectivity index (χ1n) is 17.6. The molecule has 14 heteroatoms. The van der Waals surface area contributed by atoms with Crippen LogP contribution < -0.4 is 25.2 Å². The number of ether oxygens (including phenoxy) is 2. The maximum Gasteiger partial charge on any atom is 0.410 e. The Kier molecular flexibility index (Phi) is 10.2. The lowest BCUT2D eigenvalue weighted by Gasteiger charge is -2.43. The predicted octanol–water partition coefficient (Wildman–Crippen LogP) is 3.30. The van der Waals surface area contributed by atoms with Gasteiger partial charge in [-0.25, -0.2) is 9.78 Å². The minimum Gasteiger partial charge on any atom is -0.491 e. The Balaban J connectivity index is 1.08. The van der Waals surface area contributed by atoms with Gasteiger partial charge in [0.1, 0.15) is 23.1 Å². The van der Waals surface area contributed by atoms with Gasteiger partial charge >= 0.3 is 6.09 Å². The molecule has 0 spiro atoms. The second-order valence-corrected chi connectivity index (χ2v) is 14.4. The second-order valence-electron chi connectivity index (χ2n) is 14.4. The number of carbonyl (C=O) groups is 3. The van der Waals surface area contributed by atoms with Crippen molar-refractivity contribution in [2.75, 3.05) is 68.0 Å². The summed E-state index contributed by atoms with van der Waals surface area (Å²) < 4.78 is 11.5. The summed E-state index contributed by atoms with van der Waals surface area (Å²) in [4.78, 5) is 56.0. The van der Waals surface area contributed by atoms with Crippen molar-refractivity contribution >= 4 is 41.0 Å². The van der Waals surface area contributed by atoms with Gasteiger partial charge in [0.05, 0.1) is 24.6 Å². The Morgan fingerprint density at radius 2 is 1.88 bits per heavy atom. The van der Waals surface area contributed by atoms with Crippen LogP contribution >= 0.6 is 0 Å². The quantitative estimate of drug-likeness (QED) is 0.358. The van der Waals surface area contributed by atoms with Crippen LogP contribution in [0.5, 0.6) is 5.75 Å². The van der Waals surface area contributed by atoms with Crippen LogP contribution in [0.15, 0.2) is 18.3 Å². The summed E-state index contributed by atoms with van der Waals surface area (Å²) in [6.07, 6.45) is 6.23. The van der Waals surface area contributed by atoms with Crippen LogP contribution in [0.4, 0.5) is 27.9 Å². The van der Waals surface area contributed by atoms with E-state index in [1.807, 2.05) is 27.7 Å². The molecule has 2 fully saturated rings. The number of hydrogen-bond acceptors (Lipinski definition) is 11. The maximum absolute atomic E-state index is 13.3. The molecule has 14 nitrogen and oxygen atoms in total. The molecule has 266 valence electrons. The summed E-state index contributed by atoms with van der Waals surface area (Å²) in [7, 11) is 1.78. The molecule has 3 aliphatic heterocycles. The zero-order valence-electron chi connectivity index (χ0n) is 29.3. The van der Waals surface area contributed by atoms with E-state index in [0.717, 1.165) is 37.1 Å². The number of likely N-dealkylation sites (N-methyl/N-ethyl adjacent to an activating group) is 1. The standard InChI is InChI=1S/C35H50N8O6/c1-6-27-32(46)40(5)28-20-37-33(39-30(28)43(27)22-9-7-8-10-22)38-26-12-11-25(24-13-18-48-29(24)26)31(45)36-19-23(44)21-41-14-16-42(17-15-41)34(47)49-35(2,3)4/h11-12,20,22-23,27,44H,6-10,13-19,21H2,1-5H3,(H,36,45)(H,37,38,39)/t23-,27-/m1/s1. The Morgan fingerprint density at radius 1 is 1.14 bits per heavy atom. The molecule has 0 bridgehead atoms. The van der Waals surface area contributed by atoms with Crippen molar-refractivity contribution in [1.82, 2.24) is 25.1 Å². The van der Waals surface area contributed by atoms with Gasteiger partial charge in [0.15, 0.2) is 5.82 Å². The molecule has 2 atom stereocenters. The molecule has 0 unspecified atom stereocenters. The molecule has 2 aromatic rings. The van der Waals surface area contributed by atoms with E-state index in [9.17, 15) is 19.5 Å². The third-order valence-electron chi connectivity index (χ3n) is 9.75. The number of piperazine rings is 1. The fourth-order valence-corrected chi connectivity index (χ4v) is 7.28. The number of aromatic nitrogens is 2. The number of amides is 3. The molecule has 6 rings (SSSR count). The lowest BCUT2D eigenvalue weighted by Crippen LogP contribution is -2.55. The number of aliphatic hydroxyl groups excluding tert-OH is 1. The van der Waals surface area contributed by atoms with Gasteiger partial charge in [-0.2, -0.15) is 4.98 Å². The van der Waals surface area contributed by atoms with E-state index in [2.05, 4.69) is 25.4 Å². The van der Waals surface area contributed by atoms with Crippen molar-refractivity contribution < 1.29 is 29.0 Å². The summed E-state index contributed by atoms with van der Waals surface area (Å²) in [5.74, 6) is 1.53. The average Bonchev–Trinajstić information content (AvgIpc) is 3.78. The van der Waals surface area contributed by atoms with E-state index >= 15 is 0 Å². The normalized spacial score (nSPS) is 20.5. The molecule has 3 amide bonds. The number of carbonyl (C=O) groups excluding carboxylic acids is 3. The predicted molar refractivity (Wildman–Crippen MR) is 186 cm³/mol. The van der Waals surface area contributed by atoms with Gasteiger partial charge in [0.2, 0.25) is 11.9 Å². The van der Waals surface area contributed by atoms with Crippen LogP contribution in [0.2, 0.25) is 0 Å². The largest absolute Gasteiger partial charge is 0.491 e. The van der Waals surface area contributed by atoms with Crippen LogP contribution in [0, 0.1) is 0 Å². The Bertz CT molecular complexity index is 1550. The number of nitrogens with one attached hydrogen (secondary N) is 2. The highest BCUT2D eigenvalue weighted by molar-refractivity contribution is 6.04. The fraction of sp³-hybridized carbons (Fsp3) is 0.629. The minimum absolute atomic E-state index is 0.0666. The Hall–Kier alpha value is -4.17. The zero-order chi connectivity index (χ0) is 34.9. The number of fused-ring (bicyclic) bond motifs is 2. The van der Waals surface area contributed by atoms with Gasteiger partial charge in [0.25, 0.3) is 5.91 Å². The summed E-state index contributed by atoms with van der Waals surface area (Å²) in [5.41, 5.74) is 2.11. The van der Waals surface area contributed by atoms with Crippen LogP contribution in [-0.4, -0.2) is 119 Å². The zero-order valence-corrected chi connectivity index (χ0v) is 29.3. The number of anilines is 4. The smallest absolute Gasteiger partial charge is 0.410 e. The lowest BCUT2D eigenvalue weighted by molar-refractivity contribution is -0.120. The van der Waals surface area contributed by atoms with Gasteiger partial charge in [-0.1, -0.05) is 19.8 Å². The van der Waals surface area contributed by atoms with E-state index in [1.54, 1.807) is 35.2 Å². The number of hydrogen-bond donors (Lipinski definition) is 3. The van der Waals surface area contributed by atoms with Gasteiger partial charge in [0, 0.05) is 69.9 Å². The number of aliphatic hydroxyl groups is 1. The Morgan fingerprint density at radius 3 is 2.57 bits per heavy atom. The fourth-order valence-electron chi connectivity index (χ4n) is 7.28. The lowest BCUT2D eigenvalue weighted by atomic mass is 10.0. The molecule has 49 heavy (non-hydrogen) atoms. The third kappa shape index (κ3) is 7.54. The van der Waals surface area contributed by atoms with Crippen LogP contribution in [-0.2, 0) is 16.0 Å². The van der Waals surface area contributed by atoms with Crippen LogP contribution in [0.3, 0.4) is 0 Å². The molecule has 0 radical (unpaired) electrons. The minimum atomic E-state index is -0.770. The van der Waals surface area contributed by atoms with Crippen molar-refractivity contribution in [2.24, 2.45) is 0 Å². The third-order valence-corrected chi connectivity index (χ3v) is 9.75. The summed E-state index contributed by atoms with van der Waals surface area (Å²) in [6.45, 7) is 10.8. The van der Waals surface area contributed by atoms with Gasteiger partial charge in [-0.3, -0.25) is 14.5 Å². The second kappa shape index (κ2) is 14.4. The highest BCUT2D eigenvalue weighted by Gasteiger charge is 2.41. The first-order valence-corrected chi connectivity index (χ1v) is 17.6. The van der Waals surface area contributed by atoms with E-state index in [-0.39, 0.29) is 36.5 Å². The topological polar surface area (TPSA) is 153 Å². The first kappa shape index (κ1) is 34.7. The Labute approximate surface area is 288 Å². The summed E-state index contributed by atoms with van der Waals surface area (Å²) in [6, 6.07) is 3.56. The van der Waals surface area contributed by atoms with Crippen molar-refractivity contribution in [3.8, 4) is 5.75 Å². The highest BCUT2D eigenvalue weighted by Crippen LogP contribution is 2.41. The first-order chi connectivity index (χ1) is 23.4. The molecule has 3 N–H and O–H groups in total. The van der Waals surface area contributed by atoms with Gasteiger partial charge in [-0.05, 0) is 52.2 Å². The molecule has 1 saturated carbocycles. The molecule has 1 aromatic carbocycles. The molecule has 4 aliphatic rings. The monoisotopic (exact) mass is 678 g/mol. The van der Waals surface area contributed by atoms with Crippen molar-refractivity contribution in [1.29, 1.82) is 0 Å². The van der Waals surface area contributed by atoms with Crippen LogP contribution in [0.1, 0.15) is 75.7 Å². The molecular weight excluding hydrogens is 628 g/mol. The average molecular weight is 679 g/mol. The number of nitrogens with zero attached hydrogens (tertiary/aromatic N) is 6. The molecule has 1 saturated heterocycles. The summed E-state index contributed by atoms with van der Waals surface area (Å²) in [5, 5.41) is 16.9. The molecule has 1 aliphatic carbocycles. The van der Waals surface area contributed by atoms with E-state index in [0.29, 0.717) is 80.8 Å².